The molecule has 0 aliphatic carbocycles. The Labute approximate surface area is 509 Å². The van der Waals surface area contributed by atoms with E-state index in [4.69, 9.17) is 9.05 Å². The molecule has 1 amide bonds. The number of phosphoric acid groups is 1. The normalized spacial score (nSPS) is 14.3. The molecule has 0 aromatic heterocycles. The molecule has 0 saturated heterocycles. The van der Waals surface area contributed by atoms with E-state index < -0.39 is 26.6 Å². The first-order valence-corrected chi connectivity index (χ1v) is 36.1. The van der Waals surface area contributed by atoms with Crippen molar-refractivity contribution in [1.82, 2.24) is 5.32 Å². The number of amides is 1. The van der Waals surface area contributed by atoms with Crippen LogP contribution in [0, 0.1) is 0 Å². The Morgan fingerprint density at radius 3 is 1.13 bits per heavy atom. The summed E-state index contributed by atoms with van der Waals surface area (Å²) >= 11 is 0. The topological polar surface area (TPSA) is 108 Å². The minimum atomic E-state index is -4.61. The molecule has 0 heterocycles. The van der Waals surface area contributed by atoms with Gasteiger partial charge in [-0.3, -0.25) is 9.36 Å². The maximum absolute atomic E-state index is 13.0. The lowest BCUT2D eigenvalue weighted by atomic mass is 10.0. The van der Waals surface area contributed by atoms with Crippen molar-refractivity contribution < 1.29 is 32.9 Å². The van der Waals surface area contributed by atoms with Gasteiger partial charge in [0.2, 0.25) is 5.91 Å². The van der Waals surface area contributed by atoms with Gasteiger partial charge in [-0.15, -0.1) is 0 Å². The van der Waals surface area contributed by atoms with Gasteiger partial charge in [0, 0.05) is 6.42 Å². The highest BCUT2D eigenvalue weighted by molar-refractivity contribution is 7.45. The van der Waals surface area contributed by atoms with E-state index >= 15 is 0 Å². The van der Waals surface area contributed by atoms with Crippen LogP contribution in [0.2, 0.25) is 0 Å². The van der Waals surface area contributed by atoms with E-state index in [1.807, 2.05) is 27.2 Å². The highest BCUT2D eigenvalue weighted by Crippen LogP contribution is 2.38. The average molecular weight is 1170 g/mol. The largest absolute Gasteiger partial charge is 0.756 e. The lowest BCUT2D eigenvalue weighted by Crippen LogP contribution is -2.45. The smallest absolute Gasteiger partial charge is 0.268 e. The Hall–Kier alpha value is -2.58. The summed E-state index contributed by atoms with van der Waals surface area (Å²) in [5.74, 6) is -0.205. The van der Waals surface area contributed by atoms with Crippen LogP contribution in [0.1, 0.15) is 309 Å². The van der Waals surface area contributed by atoms with Gasteiger partial charge < -0.3 is 28.8 Å². The highest BCUT2D eigenvalue weighted by atomic mass is 31.2. The third-order valence-electron chi connectivity index (χ3n) is 15.3. The minimum absolute atomic E-state index is 0.00807. The number of carbonyl (C=O) groups excluding carboxylic acids is 1. The van der Waals surface area contributed by atoms with Crippen LogP contribution in [-0.2, 0) is 18.4 Å². The van der Waals surface area contributed by atoms with E-state index in [2.05, 4.69) is 104 Å². The summed E-state index contributed by atoms with van der Waals surface area (Å²) < 4.78 is 23.4. The molecular formula is C73H133N2O6P. The number of rotatable bonds is 63. The molecule has 0 aromatic carbocycles. The number of unbranched alkanes of at least 4 members (excludes halogenated alkanes) is 36. The number of aliphatic hydroxyl groups is 1. The van der Waals surface area contributed by atoms with Crippen molar-refractivity contribution in [3.8, 4) is 0 Å². The molecular weight excluding hydrogens is 1030 g/mol. The Morgan fingerprint density at radius 2 is 0.756 bits per heavy atom. The lowest BCUT2D eigenvalue weighted by molar-refractivity contribution is -0.870. The standard InChI is InChI=1S/C73H133N2O6P/c1-6-8-10-12-14-16-18-20-22-24-26-28-30-31-32-33-34-35-36-37-38-39-40-41-42-43-45-47-49-51-53-55-57-59-61-63-65-67-73(77)74-71(70-81-82(78,79)80-69-68-75(3,4)5)72(76)66-64-62-60-58-56-54-52-50-48-46-44-29-27-25-23-21-19-17-15-13-11-9-7-2/h8,10,14,16,20,22,26,28,31-32,34-35,56,58,64,66,71-72,76H,6-7,9,11-13,15,17-19,21,23-25,27,29-30,33,36-55,57,59-63,65,67-70H2,1-5H3,(H-,74,77,78,79)/b10-8-,16-14-,22-20-,28-26-,32-31-,35-34-,58-56+,66-64+. The summed E-state index contributed by atoms with van der Waals surface area (Å²) in [5, 5.41) is 13.9. The van der Waals surface area contributed by atoms with Crippen LogP contribution in [0.25, 0.3) is 0 Å². The molecule has 9 heteroatoms. The van der Waals surface area contributed by atoms with E-state index in [0.29, 0.717) is 17.4 Å². The average Bonchev–Trinajstić information content (AvgIpc) is 3.47. The van der Waals surface area contributed by atoms with E-state index in [-0.39, 0.29) is 12.5 Å². The SMILES string of the molecule is CC/C=C\C/C=C\C/C=C\C/C=C\C/C=C\C/C=C\CCCCCCCCCCCCCCCCCCCCC(=O)NC(COP(=O)([O-])OCC[N+](C)(C)C)C(O)/C=C/CC/C=C/CCCCCCCCCCCCCCCCCCC. The predicted molar refractivity (Wildman–Crippen MR) is 357 cm³/mol. The van der Waals surface area contributed by atoms with Gasteiger partial charge in [-0.05, 0) is 83.5 Å². The second-order valence-corrected chi connectivity index (χ2v) is 25.9. The number of likely N-dealkylation sites (N-methyl/N-ethyl adjacent to an activating group) is 1. The van der Waals surface area contributed by atoms with Crippen molar-refractivity contribution in [3.05, 3.63) is 97.2 Å². The van der Waals surface area contributed by atoms with E-state index in [0.717, 1.165) is 77.0 Å². The first kappa shape index (κ1) is 79.4. The third-order valence-corrected chi connectivity index (χ3v) is 16.2. The summed E-state index contributed by atoms with van der Waals surface area (Å²) in [5.41, 5.74) is 0. The number of aliphatic hydroxyl groups excluding tert-OH is 1. The van der Waals surface area contributed by atoms with Crippen LogP contribution in [0.4, 0.5) is 0 Å². The van der Waals surface area contributed by atoms with E-state index in [9.17, 15) is 19.4 Å². The first-order valence-electron chi connectivity index (χ1n) is 34.6. The van der Waals surface area contributed by atoms with Crippen LogP contribution in [0.5, 0.6) is 0 Å². The number of quaternary nitrogens is 1. The quantitative estimate of drug-likeness (QED) is 0.0272. The van der Waals surface area contributed by atoms with Gasteiger partial charge in [-0.25, -0.2) is 0 Å². The van der Waals surface area contributed by atoms with Gasteiger partial charge in [0.1, 0.15) is 13.2 Å². The van der Waals surface area contributed by atoms with Crippen LogP contribution in [-0.4, -0.2) is 68.5 Å². The zero-order chi connectivity index (χ0) is 59.8. The van der Waals surface area contributed by atoms with E-state index in [1.54, 1.807) is 6.08 Å². The second kappa shape index (κ2) is 62.9. The van der Waals surface area contributed by atoms with Crippen LogP contribution in [0.3, 0.4) is 0 Å². The molecule has 82 heavy (non-hydrogen) atoms. The molecule has 0 bridgehead atoms. The fourth-order valence-corrected chi connectivity index (χ4v) is 10.7. The van der Waals surface area contributed by atoms with Crippen molar-refractivity contribution in [2.75, 3.05) is 40.9 Å². The maximum Gasteiger partial charge on any atom is 0.268 e. The summed E-state index contributed by atoms with van der Waals surface area (Å²) in [6, 6.07) is -0.908. The molecule has 2 N–H and O–H groups in total. The van der Waals surface area contributed by atoms with Gasteiger partial charge in [0.15, 0.2) is 0 Å². The Morgan fingerprint density at radius 1 is 0.439 bits per heavy atom. The van der Waals surface area contributed by atoms with Crippen LogP contribution < -0.4 is 10.2 Å². The van der Waals surface area contributed by atoms with Gasteiger partial charge >= 0.3 is 0 Å². The monoisotopic (exact) mass is 1160 g/mol. The number of phosphoric ester groups is 1. The maximum atomic E-state index is 13.0. The van der Waals surface area contributed by atoms with Gasteiger partial charge in [0.05, 0.1) is 39.9 Å². The summed E-state index contributed by atoms with van der Waals surface area (Å²) in [6.07, 6.45) is 91.0. The molecule has 0 fully saturated rings. The number of hydrogen-bond acceptors (Lipinski definition) is 6. The van der Waals surface area contributed by atoms with Crippen molar-refractivity contribution in [2.45, 2.75) is 321 Å². The fraction of sp³-hybridized carbons (Fsp3) is 0.767. The van der Waals surface area contributed by atoms with Gasteiger partial charge in [0.25, 0.3) is 7.82 Å². The second-order valence-electron chi connectivity index (χ2n) is 24.5. The lowest BCUT2D eigenvalue weighted by Gasteiger charge is -2.29. The van der Waals surface area contributed by atoms with Gasteiger partial charge in [-0.2, -0.15) is 0 Å². The van der Waals surface area contributed by atoms with Crippen molar-refractivity contribution in [2.24, 2.45) is 0 Å². The van der Waals surface area contributed by atoms with Crippen molar-refractivity contribution in [1.29, 1.82) is 0 Å². The number of hydrogen-bond donors (Lipinski definition) is 2. The Balaban J connectivity index is 4.07. The zero-order valence-corrected chi connectivity index (χ0v) is 55.3. The van der Waals surface area contributed by atoms with Crippen molar-refractivity contribution in [3.63, 3.8) is 0 Å². The number of carbonyl (C=O) groups is 1. The van der Waals surface area contributed by atoms with Crippen LogP contribution >= 0.6 is 7.82 Å². The fourth-order valence-electron chi connectivity index (χ4n) is 9.94. The molecule has 0 saturated carbocycles. The molecule has 476 valence electrons. The summed E-state index contributed by atoms with van der Waals surface area (Å²) in [4.78, 5) is 25.6. The van der Waals surface area contributed by atoms with Gasteiger partial charge in [-0.1, -0.05) is 317 Å². The Kier molecular flexibility index (Phi) is 61.0. The zero-order valence-electron chi connectivity index (χ0n) is 54.4. The highest BCUT2D eigenvalue weighted by Gasteiger charge is 2.23. The van der Waals surface area contributed by atoms with Crippen LogP contribution in [0.15, 0.2) is 97.2 Å². The predicted octanol–water partition coefficient (Wildman–Crippen LogP) is 21.5. The molecule has 0 aliphatic heterocycles. The Bertz CT molecular complexity index is 1660. The molecule has 0 radical (unpaired) electrons. The van der Waals surface area contributed by atoms with E-state index in [1.165, 1.54) is 212 Å². The molecule has 8 nitrogen and oxygen atoms in total. The molecule has 3 unspecified atom stereocenters. The number of allylic oxidation sites excluding steroid dienone is 15. The number of nitrogens with one attached hydrogen (secondary N) is 1. The summed E-state index contributed by atoms with van der Waals surface area (Å²) in [7, 11) is 1.25. The molecule has 0 aliphatic rings. The molecule has 3 atom stereocenters. The molecule has 0 aromatic rings. The first-order chi connectivity index (χ1) is 40.0. The van der Waals surface area contributed by atoms with Crippen molar-refractivity contribution >= 4 is 13.7 Å². The molecule has 0 spiro atoms. The minimum Gasteiger partial charge on any atom is -0.756 e. The molecule has 0 rings (SSSR count). The third kappa shape index (κ3) is 65.0. The summed E-state index contributed by atoms with van der Waals surface area (Å²) in [6.45, 7) is 4.54. The number of nitrogens with zero attached hydrogens (tertiary/aromatic N) is 1.